The van der Waals surface area contributed by atoms with Crippen molar-refractivity contribution in [2.24, 2.45) is 23.7 Å². The second-order valence-corrected chi connectivity index (χ2v) is 16.8. The number of hydrogen-bond acceptors (Lipinski definition) is 0. The van der Waals surface area contributed by atoms with Crippen molar-refractivity contribution in [1.29, 1.82) is 0 Å². The van der Waals surface area contributed by atoms with Crippen LogP contribution in [0.5, 0.6) is 0 Å². The van der Waals surface area contributed by atoms with Gasteiger partial charge >= 0.3 is 0 Å². The van der Waals surface area contributed by atoms with Crippen LogP contribution in [0.2, 0.25) is 23.7 Å². The number of allylic oxidation sites excluding steroid dienone is 4. The first kappa shape index (κ1) is 22.1. The van der Waals surface area contributed by atoms with E-state index >= 15 is 0 Å². The molecule has 1 saturated carbocycles. The lowest BCUT2D eigenvalue weighted by Gasteiger charge is -2.42. The minimum absolute atomic E-state index is 0.227. The monoisotopic (exact) mass is 420 g/mol. The fraction of sp³-hybridized carbons (Fsp3) is 0.655. The van der Waals surface area contributed by atoms with Crippen molar-refractivity contribution in [3.05, 3.63) is 53.6 Å². The van der Waals surface area contributed by atoms with E-state index in [2.05, 4.69) is 84.0 Å². The summed E-state index contributed by atoms with van der Waals surface area (Å²) in [6.45, 7) is 14.5. The van der Waals surface area contributed by atoms with E-state index in [-0.39, 0.29) is 5.41 Å². The molecule has 1 aromatic rings. The molecule has 0 nitrogen and oxygen atoms in total. The summed E-state index contributed by atoms with van der Waals surface area (Å²) in [5, 5.41) is 0. The van der Waals surface area contributed by atoms with Crippen molar-refractivity contribution in [2.45, 2.75) is 96.3 Å². The zero-order chi connectivity index (χ0) is 21.5. The van der Waals surface area contributed by atoms with Gasteiger partial charge in [0.25, 0.3) is 0 Å². The highest BCUT2D eigenvalue weighted by Gasteiger charge is 2.54. The van der Waals surface area contributed by atoms with Crippen LogP contribution < -0.4 is 0 Å². The van der Waals surface area contributed by atoms with E-state index in [9.17, 15) is 0 Å². The Bertz CT molecular complexity index is 785. The molecule has 0 aromatic heterocycles. The van der Waals surface area contributed by atoms with Crippen LogP contribution in [-0.2, 0) is 5.41 Å². The highest BCUT2D eigenvalue weighted by molar-refractivity contribution is 6.82. The van der Waals surface area contributed by atoms with Crippen molar-refractivity contribution in [3.8, 4) is 0 Å². The second kappa shape index (κ2) is 8.45. The zero-order valence-electron chi connectivity index (χ0n) is 20.4. The van der Waals surface area contributed by atoms with Gasteiger partial charge < -0.3 is 0 Å². The summed E-state index contributed by atoms with van der Waals surface area (Å²) in [5.74, 6) is 3.37. The number of fused-ring (bicyclic) bond motifs is 1. The van der Waals surface area contributed by atoms with Crippen LogP contribution in [0.4, 0.5) is 0 Å². The summed E-state index contributed by atoms with van der Waals surface area (Å²) in [5.41, 5.74) is 5.78. The molecule has 0 amide bonds. The predicted molar refractivity (Wildman–Crippen MR) is 136 cm³/mol. The van der Waals surface area contributed by atoms with E-state index < -0.39 is 8.07 Å². The second-order valence-electron chi connectivity index (χ2n) is 12.0. The van der Waals surface area contributed by atoms with Gasteiger partial charge in [-0.15, -0.1) is 0 Å². The molecule has 0 radical (unpaired) electrons. The summed E-state index contributed by atoms with van der Waals surface area (Å²) < 4.78 is 0. The Hall–Kier alpha value is -1.08. The molecule has 164 valence electrons. The Morgan fingerprint density at radius 2 is 1.73 bits per heavy atom. The van der Waals surface area contributed by atoms with Crippen LogP contribution in [0.3, 0.4) is 0 Å². The van der Waals surface area contributed by atoms with Gasteiger partial charge in [0.15, 0.2) is 0 Å². The Balaban J connectivity index is 1.62. The van der Waals surface area contributed by atoms with Crippen molar-refractivity contribution in [2.75, 3.05) is 0 Å². The molecule has 1 heterocycles. The summed E-state index contributed by atoms with van der Waals surface area (Å²) >= 11 is 0. The fourth-order valence-corrected chi connectivity index (χ4v) is 15.1. The maximum atomic E-state index is 2.63. The molecule has 1 saturated heterocycles. The standard InChI is InChI=1S/C29H44Si/c1-7-21(2)20-30(17-8-9-18-30)28-22(3)19-27-25(11-10-12-26(27)28)23-13-15-24(16-14-23)29(4,5)6/h10-16,21-22,26-28H,7-9,17-20H2,1-6H3. The van der Waals surface area contributed by atoms with Crippen LogP contribution in [0.25, 0.3) is 5.57 Å². The SMILES string of the molecule is CCC(C)C[Si]1(C2C(C)CC3C(c4ccc(C(C)(C)C)cc4)=CC=CC32)CCCC1. The number of hydrogen-bond donors (Lipinski definition) is 0. The van der Waals surface area contributed by atoms with Crippen LogP contribution in [0.1, 0.15) is 78.4 Å². The normalized spacial score (nSPS) is 31.5. The average molecular weight is 421 g/mol. The molecule has 1 heteroatoms. The van der Waals surface area contributed by atoms with E-state index in [1.807, 2.05) is 0 Å². The van der Waals surface area contributed by atoms with Gasteiger partial charge in [-0.1, -0.05) is 121 Å². The van der Waals surface area contributed by atoms with Crippen molar-refractivity contribution in [1.82, 2.24) is 0 Å². The van der Waals surface area contributed by atoms with E-state index in [0.717, 1.165) is 29.2 Å². The quantitative estimate of drug-likeness (QED) is 0.417. The third kappa shape index (κ3) is 4.04. The molecular formula is C29H44Si. The zero-order valence-corrected chi connectivity index (χ0v) is 21.4. The maximum Gasteiger partial charge on any atom is 0.0578 e. The van der Waals surface area contributed by atoms with Gasteiger partial charge in [-0.2, -0.15) is 0 Å². The minimum atomic E-state index is -1.20. The molecule has 4 rings (SSSR count). The van der Waals surface area contributed by atoms with Crippen molar-refractivity contribution >= 4 is 13.6 Å². The van der Waals surface area contributed by atoms with Gasteiger partial charge in [0.2, 0.25) is 0 Å². The summed E-state index contributed by atoms with van der Waals surface area (Å²) in [6, 6.07) is 14.4. The molecule has 30 heavy (non-hydrogen) atoms. The largest absolute Gasteiger partial charge is 0.0808 e. The van der Waals surface area contributed by atoms with Crippen molar-refractivity contribution < 1.29 is 0 Å². The van der Waals surface area contributed by atoms with Crippen LogP contribution in [-0.4, -0.2) is 8.07 Å². The molecule has 0 bridgehead atoms. The van der Waals surface area contributed by atoms with Gasteiger partial charge in [-0.25, -0.2) is 0 Å². The molecule has 2 fully saturated rings. The number of rotatable bonds is 5. The molecule has 2 aliphatic carbocycles. The molecule has 1 aromatic carbocycles. The third-order valence-electron chi connectivity index (χ3n) is 8.97. The summed E-state index contributed by atoms with van der Waals surface area (Å²) in [4.78, 5) is 0. The Kier molecular flexibility index (Phi) is 6.23. The molecule has 0 spiro atoms. The fourth-order valence-electron chi connectivity index (χ4n) is 7.41. The highest BCUT2D eigenvalue weighted by atomic mass is 28.3. The first-order chi connectivity index (χ1) is 14.2. The molecular weight excluding hydrogens is 376 g/mol. The first-order valence-electron chi connectivity index (χ1n) is 12.7. The molecule has 5 unspecified atom stereocenters. The summed E-state index contributed by atoms with van der Waals surface area (Å²) in [6.07, 6.45) is 13.3. The maximum absolute atomic E-state index is 2.63. The highest BCUT2D eigenvalue weighted by Crippen LogP contribution is 2.61. The molecule has 0 N–H and O–H groups in total. The van der Waals surface area contributed by atoms with Crippen LogP contribution >= 0.6 is 0 Å². The van der Waals surface area contributed by atoms with Gasteiger partial charge in [0, 0.05) is 0 Å². The van der Waals surface area contributed by atoms with Gasteiger partial charge in [0.05, 0.1) is 8.07 Å². The Labute approximate surface area is 187 Å². The van der Waals surface area contributed by atoms with E-state index in [4.69, 9.17) is 0 Å². The van der Waals surface area contributed by atoms with E-state index in [0.29, 0.717) is 0 Å². The van der Waals surface area contributed by atoms with Crippen LogP contribution in [0.15, 0.2) is 42.5 Å². The van der Waals surface area contributed by atoms with E-state index in [1.54, 1.807) is 23.7 Å². The van der Waals surface area contributed by atoms with Gasteiger partial charge in [-0.3, -0.25) is 0 Å². The van der Waals surface area contributed by atoms with Crippen LogP contribution in [0, 0.1) is 23.7 Å². The van der Waals surface area contributed by atoms with E-state index in [1.165, 1.54) is 36.8 Å². The lowest BCUT2D eigenvalue weighted by Crippen LogP contribution is -2.42. The average Bonchev–Trinajstić information content (AvgIpc) is 3.31. The smallest absolute Gasteiger partial charge is 0.0578 e. The third-order valence-corrected chi connectivity index (χ3v) is 15.5. The van der Waals surface area contributed by atoms with Crippen molar-refractivity contribution in [3.63, 3.8) is 0 Å². The minimum Gasteiger partial charge on any atom is -0.0808 e. The molecule has 1 aliphatic heterocycles. The van der Waals surface area contributed by atoms with Gasteiger partial charge in [0.1, 0.15) is 0 Å². The lowest BCUT2D eigenvalue weighted by atomic mass is 9.80. The topological polar surface area (TPSA) is 0 Å². The Morgan fingerprint density at radius 1 is 1.07 bits per heavy atom. The number of benzene rings is 1. The lowest BCUT2D eigenvalue weighted by molar-refractivity contribution is 0.528. The first-order valence-corrected chi connectivity index (χ1v) is 15.4. The Morgan fingerprint density at radius 3 is 2.33 bits per heavy atom. The molecule has 5 atom stereocenters. The predicted octanol–water partition coefficient (Wildman–Crippen LogP) is 8.87. The van der Waals surface area contributed by atoms with Gasteiger partial charge in [-0.05, 0) is 57.7 Å². The summed E-state index contributed by atoms with van der Waals surface area (Å²) in [7, 11) is -1.20. The molecule has 3 aliphatic rings.